The molecule has 4 heteroatoms. The Morgan fingerprint density at radius 2 is 2.13 bits per heavy atom. The standard InChI is InChI=1S/C11H11N3O/c1-13-11(15)10-6-5-7-8(12)3-2-4-9(7)14-10/h2-6H,12H2,1H3,(H,13,15). The number of hydrogen-bond donors (Lipinski definition) is 2. The average Bonchev–Trinajstić information content (AvgIpc) is 2.28. The van der Waals surface area contributed by atoms with Crippen molar-refractivity contribution < 1.29 is 4.79 Å². The summed E-state index contributed by atoms with van der Waals surface area (Å²) in [5.74, 6) is -0.195. The van der Waals surface area contributed by atoms with E-state index >= 15 is 0 Å². The number of carbonyl (C=O) groups excluding carboxylic acids is 1. The largest absolute Gasteiger partial charge is 0.398 e. The molecule has 1 amide bonds. The van der Waals surface area contributed by atoms with Crippen molar-refractivity contribution in [1.29, 1.82) is 0 Å². The van der Waals surface area contributed by atoms with E-state index in [4.69, 9.17) is 5.73 Å². The van der Waals surface area contributed by atoms with E-state index in [1.807, 2.05) is 24.3 Å². The summed E-state index contributed by atoms with van der Waals surface area (Å²) >= 11 is 0. The van der Waals surface area contributed by atoms with Gasteiger partial charge in [0.25, 0.3) is 5.91 Å². The zero-order valence-corrected chi connectivity index (χ0v) is 8.32. The first kappa shape index (κ1) is 9.45. The predicted octanol–water partition coefficient (Wildman–Crippen LogP) is 1.18. The zero-order chi connectivity index (χ0) is 10.8. The summed E-state index contributed by atoms with van der Waals surface area (Å²) in [6.45, 7) is 0. The van der Waals surface area contributed by atoms with Crippen molar-refractivity contribution in [3.05, 3.63) is 36.0 Å². The second kappa shape index (κ2) is 3.57. The Morgan fingerprint density at radius 1 is 1.33 bits per heavy atom. The van der Waals surface area contributed by atoms with Crippen LogP contribution in [0.15, 0.2) is 30.3 Å². The molecule has 76 valence electrons. The lowest BCUT2D eigenvalue weighted by atomic mass is 10.1. The predicted molar refractivity (Wildman–Crippen MR) is 59.5 cm³/mol. The van der Waals surface area contributed by atoms with Gasteiger partial charge in [0, 0.05) is 18.1 Å². The number of rotatable bonds is 1. The Kier molecular flexibility index (Phi) is 2.25. The highest BCUT2D eigenvalue weighted by atomic mass is 16.1. The maximum Gasteiger partial charge on any atom is 0.269 e. The minimum atomic E-state index is -0.195. The van der Waals surface area contributed by atoms with Crippen molar-refractivity contribution in [2.45, 2.75) is 0 Å². The molecule has 0 spiro atoms. The lowest BCUT2D eigenvalue weighted by molar-refractivity contribution is 0.0958. The number of nitrogens with two attached hydrogens (primary N) is 1. The van der Waals surface area contributed by atoms with Crippen LogP contribution in [-0.4, -0.2) is 17.9 Å². The second-order valence-corrected chi connectivity index (χ2v) is 3.19. The number of nitrogen functional groups attached to an aromatic ring is 1. The van der Waals surface area contributed by atoms with E-state index in [0.29, 0.717) is 11.4 Å². The molecule has 4 nitrogen and oxygen atoms in total. The van der Waals surface area contributed by atoms with Crippen molar-refractivity contribution in [3.63, 3.8) is 0 Å². The molecule has 0 unspecified atom stereocenters. The molecule has 2 aromatic rings. The van der Waals surface area contributed by atoms with E-state index in [-0.39, 0.29) is 5.91 Å². The van der Waals surface area contributed by atoms with E-state index in [9.17, 15) is 4.79 Å². The number of carbonyl (C=O) groups is 1. The van der Waals surface area contributed by atoms with E-state index in [1.165, 1.54) is 0 Å². The first-order valence-electron chi connectivity index (χ1n) is 4.59. The molecule has 2 rings (SSSR count). The summed E-state index contributed by atoms with van der Waals surface area (Å²) in [6.07, 6.45) is 0. The van der Waals surface area contributed by atoms with Crippen LogP contribution >= 0.6 is 0 Å². The highest BCUT2D eigenvalue weighted by Crippen LogP contribution is 2.18. The topological polar surface area (TPSA) is 68.0 Å². The van der Waals surface area contributed by atoms with Crippen molar-refractivity contribution in [2.24, 2.45) is 0 Å². The van der Waals surface area contributed by atoms with Crippen molar-refractivity contribution in [2.75, 3.05) is 12.8 Å². The highest BCUT2D eigenvalue weighted by Gasteiger charge is 2.06. The third-order valence-corrected chi connectivity index (χ3v) is 2.23. The SMILES string of the molecule is CNC(=O)c1ccc2c(N)cccc2n1. The second-order valence-electron chi connectivity index (χ2n) is 3.19. The number of pyridine rings is 1. The molecule has 1 aromatic heterocycles. The lowest BCUT2D eigenvalue weighted by Crippen LogP contribution is -2.19. The van der Waals surface area contributed by atoms with Crippen LogP contribution in [0.1, 0.15) is 10.5 Å². The van der Waals surface area contributed by atoms with Gasteiger partial charge in [-0.05, 0) is 24.3 Å². The fourth-order valence-corrected chi connectivity index (χ4v) is 1.43. The maximum absolute atomic E-state index is 11.3. The van der Waals surface area contributed by atoms with Crippen LogP contribution in [-0.2, 0) is 0 Å². The minimum Gasteiger partial charge on any atom is -0.398 e. The molecular formula is C11H11N3O. The molecule has 3 N–H and O–H groups in total. The third kappa shape index (κ3) is 1.61. The molecule has 0 aliphatic rings. The van der Waals surface area contributed by atoms with Gasteiger partial charge in [-0.1, -0.05) is 6.07 Å². The molecule has 0 fully saturated rings. The number of aromatic nitrogens is 1. The van der Waals surface area contributed by atoms with Crippen LogP contribution in [0.3, 0.4) is 0 Å². The quantitative estimate of drug-likeness (QED) is 0.681. The molecule has 0 bridgehead atoms. The van der Waals surface area contributed by atoms with E-state index in [2.05, 4.69) is 10.3 Å². The van der Waals surface area contributed by atoms with Gasteiger partial charge in [-0.2, -0.15) is 0 Å². The molecule has 0 saturated heterocycles. The van der Waals surface area contributed by atoms with Gasteiger partial charge in [-0.3, -0.25) is 4.79 Å². The van der Waals surface area contributed by atoms with E-state index in [1.54, 1.807) is 13.1 Å². The number of nitrogens with zero attached hydrogens (tertiary/aromatic N) is 1. The number of benzene rings is 1. The monoisotopic (exact) mass is 201 g/mol. The molecular weight excluding hydrogens is 190 g/mol. The van der Waals surface area contributed by atoms with Crippen LogP contribution in [0.4, 0.5) is 5.69 Å². The molecule has 0 atom stereocenters. The summed E-state index contributed by atoms with van der Waals surface area (Å²) in [5.41, 5.74) is 7.58. The molecule has 0 aliphatic heterocycles. The first-order chi connectivity index (χ1) is 7.22. The zero-order valence-electron chi connectivity index (χ0n) is 8.32. The Labute approximate surface area is 87.1 Å². The average molecular weight is 201 g/mol. The summed E-state index contributed by atoms with van der Waals surface area (Å²) in [5, 5.41) is 3.39. The smallest absolute Gasteiger partial charge is 0.269 e. The summed E-state index contributed by atoms with van der Waals surface area (Å²) in [6, 6.07) is 8.93. The van der Waals surface area contributed by atoms with Gasteiger partial charge in [0.15, 0.2) is 0 Å². The Morgan fingerprint density at radius 3 is 2.87 bits per heavy atom. The van der Waals surface area contributed by atoms with E-state index < -0.39 is 0 Å². The van der Waals surface area contributed by atoms with Crippen LogP contribution in [0, 0.1) is 0 Å². The minimum absolute atomic E-state index is 0.195. The van der Waals surface area contributed by atoms with Gasteiger partial charge in [0.2, 0.25) is 0 Å². The number of hydrogen-bond acceptors (Lipinski definition) is 3. The molecule has 1 aromatic carbocycles. The molecule has 1 heterocycles. The van der Waals surface area contributed by atoms with Crippen molar-refractivity contribution in [1.82, 2.24) is 10.3 Å². The van der Waals surface area contributed by atoms with Crippen molar-refractivity contribution >= 4 is 22.5 Å². The van der Waals surface area contributed by atoms with E-state index in [0.717, 1.165) is 10.9 Å². The van der Waals surface area contributed by atoms with Gasteiger partial charge in [0.05, 0.1) is 5.52 Å². The molecule has 0 radical (unpaired) electrons. The third-order valence-electron chi connectivity index (χ3n) is 2.23. The lowest BCUT2D eigenvalue weighted by Gasteiger charge is -2.03. The Balaban J connectivity index is 2.62. The fraction of sp³-hybridized carbons (Fsp3) is 0.0909. The van der Waals surface area contributed by atoms with Crippen molar-refractivity contribution in [3.8, 4) is 0 Å². The van der Waals surface area contributed by atoms with Gasteiger partial charge in [-0.25, -0.2) is 4.98 Å². The van der Waals surface area contributed by atoms with Gasteiger partial charge in [-0.15, -0.1) is 0 Å². The first-order valence-corrected chi connectivity index (χ1v) is 4.59. The number of anilines is 1. The van der Waals surface area contributed by atoms with Gasteiger partial charge < -0.3 is 11.1 Å². The molecule has 0 aliphatic carbocycles. The Hall–Kier alpha value is -2.10. The van der Waals surface area contributed by atoms with Crippen LogP contribution in [0.2, 0.25) is 0 Å². The van der Waals surface area contributed by atoms with Gasteiger partial charge >= 0.3 is 0 Å². The Bertz CT molecular complexity index is 522. The fourth-order valence-electron chi connectivity index (χ4n) is 1.43. The van der Waals surface area contributed by atoms with Crippen LogP contribution < -0.4 is 11.1 Å². The molecule has 15 heavy (non-hydrogen) atoms. The molecule has 0 saturated carbocycles. The highest BCUT2D eigenvalue weighted by molar-refractivity contribution is 5.97. The summed E-state index contributed by atoms with van der Waals surface area (Å²) in [4.78, 5) is 15.6. The maximum atomic E-state index is 11.3. The normalized spacial score (nSPS) is 10.2. The van der Waals surface area contributed by atoms with Gasteiger partial charge in [0.1, 0.15) is 5.69 Å². The number of fused-ring (bicyclic) bond motifs is 1. The summed E-state index contributed by atoms with van der Waals surface area (Å²) < 4.78 is 0. The number of amides is 1. The number of nitrogens with one attached hydrogen (secondary N) is 1. The summed E-state index contributed by atoms with van der Waals surface area (Å²) in [7, 11) is 1.58. The van der Waals surface area contributed by atoms with Crippen LogP contribution in [0.5, 0.6) is 0 Å². The van der Waals surface area contributed by atoms with Crippen LogP contribution in [0.25, 0.3) is 10.9 Å².